The molecule has 15 heavy (non-hydrogen) atoms. The fourth-order valence-electron chi connectivity index (χ4n) is 1.81. The highest BCUT2D eigenvalue weighted by Crippen LogP contribution is 2.24. The van der Waals surface area contributed by atoms with Crippen LogP contribution in [0.15, 0.2) is 18.2 Å². The minimum absolute atomic E-state index is 0.378. The van der Waals surface area contributed by atoms with Gasteiger partial charge in [-0.1, -0.05) is 6.07 Å². The van der Waals surface area contributed by atoms with Crippen LogP contribution >= 0.6 is 11.6 Å². The quantitative estimate of drug-likeness (QED) is 0.543. The standard InChI is InChI=1S/C11H12ClNO2/c1-15-10-3-2-9-7-13(11(12)14)5-4-8(9)6-10/h2-3,6H,4-5,7H2,1H3. The molecule has 0 aromatic heterocycles. The Hall–Kier alpha value is -1.22. The fourth-order valence-corrected chi connectivity index (χ4v) is 1.95. The summed E-state index contributed by atoms with van der Waals surface area (Å²) in [6, 6.07) is 5.91. The molecule has 0 bridgehead atoms. The van der Waals surface area contributed by atoms with Crippen LogP contribution in [0.5, 0.6) is 5.75 Å². The monoisotopic (exact) mass is 225 g/mol. The van der Waals surface area contributed by atoms with Gasteiger partial charge in [-0.15, -0.1) is 0 Å². The Balaban J connectivity index is 2.24. The van der Waals surface area contributed by atoms with E-state index in [9.17, 15) is 4.79 Å². The molecule has 1 aliphatic heterocycles. The van der Waals surface area contributed by atoms with Gasteiger partial charge in [0.1, 0.15) is 5.75 Å². The Labute approximate surface area is 93.6 Å². The molecule has 0 N–H and O–H groups in total. The summed E-state index contributed by atoms with van der Waals surface area (Å²) >= 11 is 5.44. The maximum atomic E-state index is 11.0. The summed E-state index contributed by atoms with van der Waals surface area (Å²) in [5.74, 6) is 0.861. The maximum absolute atomic E-state index is 11.0. The van der Waals surface area contributed by atoms with Crippen molar-refractivity contribution in [2.45, 2.75) is 13.0 Å². The van der Waals surface area contributed by atoms with E-state index in [0.29, 0.717) is 13.1 Å². The molecule has 2 rings (SSSR count). The highest BCUT2D eigenvalue weighted by atomic mass is 35.5. The van der Waals surface area contributed by atoms with E-state index in [1.54, 1.807) is 12.0 Å². The summed E-state index contributed by atoms with van der Waals surface area (Å²) in [5.41, 5.74) is 2.39. The highest BCUT2D eigenvalue weighted by molar-refractivity contribution is 6.62. The topological polar surface area (TPSA) is 29.5 Å². The van der Waals surface area contributed by atoms with Crippen LogP contribution in [0.4, 0.5) is 4.79 Å². The molecule has 0 saturated carbocycles. The molecule has 0 radical (unpaired) electrons. The fraction of sp³-hybridized carbons (Fsp3) is 0.364. The molecule has 0 saturated heterocycles. The van der Waals surface area contributed by atoms with Crippen molar-refractivity contribution < 1.29 is 9.53 Å². The normalized spacial score (nSPS) is 14.7. The van der Waals surface area contributed by atoms with Crippen LogP contribution in [-0.4, -0.2) is 23.9 Å². The number of nitrogens with zero attached hydrogens (tertiary/aromatic N) is 1. The van der Waals surface area contributed by atoms with E-state index < -0.39 is 0 Å². The molecule has 80 valence electrons. The molecular weight excluding hydrogens is 214 g/mol. The number of carbonyl (C=O) groups excluding carboxylic acids is 1. The lowest BCUT2D eigenvalue weighted by Gasteiger charge is -2.26. The minimum Gasteiger partial charge on any atom is -0.497 e. The predicted molar refractivity (Wildman–Crippen MR) is 58.4 cm³/mol. The summed E-state index contributed by atoms with van der Waals surface area (Å²) in [5, 5.41) is -0.378. The van der Waals surface area contributed by atoms with Gasteiger partial charge in [0.2, 0.25) is 0 Å². The predicted octanol–water partition coefficient (Wildman–Crippen LogP) is 2.41. The number of benzene rings is 1. The van der Waals surface area contributed by atoms with Gasteiger partial charge in [0.05, 0.1) is 7.11 Å². The number of methoxy groups -OCH3 is 1. The van der Waals surface area contributed by atoms with E-state index in [1.807, 2.05) is 18.2 Å². The lowest BCUT2D eigenvalue weighted by atomic mass is 10.00. The summed E-state index contributed by atoms with van der Waals surface area (Å²) < 4.78 is 5.15. The van der Waals surface area contributed by atoms with E-state index in [1.165, 1.54) is 5.56 Å². The van der Waals surface area contributed by atoms with Gasteiger partial charge in [-0.2, -0.15) is 0 Å². The summed E-state index contributed by atoms with van der Waals surface area (Å²) in [4.78, 5) is 12.6. The van der Waals surface area contributed by atoms with E-state index in [4.69, 9.17) is 16.3 Å². The number of rotatable bonds is 1. The number of fused-ring (bicyclic) bond motifs is 1. The molecule has 1 aliphatic rings. The molecule has 3 nitrogen and oxygen atoms in total. The van der Waals surface area contributed by atoms with E-state index >= 15 is 0 Å². The molecule has 0 unspecified atom stereocenters. The second-order valence-electron chi connectivity index (χ2n) is 3.56. The van der Waals surface area contributed by atoms with Gasteiger partial charge in [-0.05, 0) is 41.3 Å². The second-order valence-corrected chi connectivity index (χ2v) is 3.88. The van der Waals surface area contributed by atoms with Gasteiger partial charge < -0.3 is 9.64 Å². The van der Waals surface area contributed by atoms with Crippen molar-refractivity contribution in [1.82, 2.24) is 4.90 Å². The van der Waals surface area contributed by atoms with Crippen molar-refractivity contribution in [1.29, 1.82) is 0 Å². The van der Waals surface area contributed by atoms with Crippen LogP contribution in [-0.2, 0) is 13.0 Å². The first-order chi connectivity index (χ1) is 7.20. The van der Waals surface area contributed by atoms with E-state index in [0.717, 1.165) is 17.7 Å². The molecule has 0 fully saturated rings. The first-order valence-corrected chi connectivity index (χ1v) is 5.18. The molecule has 1 aromatic rings. The third kappa shape index (κ3) is 2.07. The Morgan fingerprint density at radius 3 is 2.93 bits per heavy atom. The Kier molecular flexibility index (Phi) is 2.82. The summed E-state index contributed by atoms with van der Waals surface area (Å²) in [6.07, 6.45) is 0.838. The minimum atomic E-state index is -0.378. The number of carbonyl (C=O) groups is 1. The zero-order valence-electron chi connectivity index (χ0n) is 8.50. The Morgan fingerprint density at radius 1 is 1.47 bits per heavy atom. The number of hydrogen-bond acceptors (Lipinski definition) is 2. The average molecular weight is 226 g/mol. The molecular formula is C11H12ClNO2. The maximum Gasteiger partial charge on any atom is 0.316 e. The smallest absolute Gasteiger partial charge is 0.316 e. The first-order valence-electron chi connectivity index (χ1n) is 4.81. The lowest BCUT2D eigenvalue weighted by Crippen LogP contribution is -2.32. The highest BCUT2D eigenvalue weighted by Gasteiger charge is 2.19. The number of ether oxygens (including phenoxy) is 1. The largest absolute Gasteiger partial charge is 0.497 e. The van der Waals surface area contributed by atoms with Crippen LogP contribution in [0.25, 0.3) is 0 Å². The van der Waals surface area contributed by atoms with Gasteiger partial charge in [-0.25, -0.2) is 0 Å². The van der Waals surface area contributed by atoms with Crippen LogP contribution in [0.3, 0.4) is 0 Å². The van der Waals surface area contributed by atoms with E-state index in [2.05, 4.69) is 0 Å². The third-order valence-electron chi connectivity index (χ3n) is 2.67. The summed E-state index contributed by atoms with van der Waals surface area (Å²) in [6.45, 7) is 1.28. The molecule has 1 aromatic carbocycles. The van der Waals surface area contributed by atoms with Crippen molar-refractivity contribution >= 4 is 17.0 Å². The van der Waals surface area contributed by atoms with Crippen molar-refractivity contribution in [3.63, 3.8) is 0 Å². The van der Waals surface area contributed by atoms with E-state index in [-0.39, 0.29) is 5.37 Å². The van der Waals surface area contributed by atoms with Crippen molar-refractivity contribution in [2.75, 3.05) is 13.7 Å². The zero-order chi connectivity index (χ0) is 10.8. The van der Waals surface area contributed by atoms with Crippen LogP contribution < -0.4 is 4.74 Å². The molecule has 0 spiro atoms. The molecule has 1 amide bonds. The lowest BCUT2D eigenvalue weighted by molar-refractivity contribution is 0.216. The van der Waals surface area contributed by atoms with Crippen LogP contribution in [0.2, 0.25) is 0 Å². The molecule has 0 aliphatic carbocycles. The van der Waals surface area contributed by atoms with Gasteiger partial charge in [0, 0.05) is 13.1 Å². The second kappa shape index (κ2) is 4.11. The van der Waals surface area contributed by atoms with Crippen LogP contribution in [0.1, 0.15) is 11.1 Å². The third-order valence-corrected chi connectivity index (χ3v) is 2.91. The van der Waals surface area contributed by atoms with Gasteiger partial charge in [0.25, 0.3) is 0 Å². The number of hydrogen-bond donors (Lipinski definition) is 0. The number of halogens is 1. The van der Waals surface area contributed by atoms with Crippen molar-refractivity contribution in [2.24, 2.45) is 0 Å². The molecule has 0 atom stereocenters. The molecule has 4 heteroatoms. The SMILES string of the molecule is COc1ccc2c(c1)CCN(C(=O)Cl)C2. The van der Waals surface area contributed by atoms with Gasteiger partial charge in [0.15, 0.2) is 0 Å². The Morgan fingerprint density at radius 2 is 2.27 bits per heavy atom. The van der Waals surface area contributed by atoms with Crippen LogP contribution in [0, 0.1) is 0 Å². The van der Waals surface area contributed by atoms with Crippen molar-refractivity contribution in [3.05, 3.63) is 29.3 Å². The summed E-state index contributed by atoms with van der Waals surface area (Å²) in [7, 11) is 1.65. The van der Waals surface area contributed by atoms with Gasteiger partial charge in [-0.3, -0.25) is 4.79 Å². The zero-order valence-corrected chi connectivity index (χ0v) is 9.25. The first kappa shape index (κ1) is 10.3. The van der Waals surface area contributed by atoms with Gasteiger partial charge >= 0.3 is 5.37 Å². The van der Waals surface area contributed by atoms with Crippen molar-refractivity contribution in [3.8, 4) is 5.75 Å². The number of amides is 1. The average Bonchev–Trinajstić information content (AvgIpc) is 2.27. The molecule has 1 heterocycles. The Bertz CT molecular complexity index is 392.